The second-order valence-electron chi connectivity index (χ2n) is 4.18. The molecule has 18 heavy (non-hydrogen) atoms. The molecular formula is C12H15ClFN3O. The Kier molecular flexibility index (Phi) is 4.49. The Bertz CT molecular complexity index is 422. The van der Waals surface area contributed by atoms with E-state index in [4.69, 9.17) is 11.6 Å². The van der Waals surface area contributed by atoms with Crippen LogP contribution in [0.5, 0.6) is 0 Å². The summed E-state index contributed by atoms with van der Waals surface area (Å²) in [4.78, 5) is 19.6. The molecular weight excluding hydrogens is 257 g/mol. The number of rotatable bonds is 3. The van der Waals surface area contributed by atoms with E-state index in [1.54, 1.807) is 4.90 Å². The Morgan fingerprint density at radius 3 is 2.72 bits per heavy atom. The van der Waals surface area contributed by atoms with Crippen molar-refractivity contribution in [2.45, 2.75) is 0 Å². The number of nitrogens with zero attached hydrogens (tertiary/aromatic N) is 3. The lowest BCUT2D eigenvalue weighted by atomic mass is 10.2. The Morgan fingerprint density at radius 2 is 2.11 bits per heavy atom. The van der Waals surface area contributed by atoms with Crippen LogP contribution in [0.15, 0.2) is 18.5 Å². The highest BCUT2D eigenvalue weighted by Crippen LogP contribution is 2.11. The van der Waals surface area contributed by atoms with Gasteiger partial charge in [0.15, 0.2) is 5.82 Å². The number of piperazine rings is 1. The minimum atomic E-state index is -0.564. The van der Waals surface area contributed by atoms with Gasteiger partial charge in [-0.25, -0.2) is 4.39 Å². The van der Waals surface area contributed by atoms with Crippen LogP contribution in [0.4, 0.5) is 4.39 Å². The molecule has 6 heteroatoms. The summed E-state index contributed by atoms with van der Waals surface area (Å²) < 4.78 is 13.5. The smallest absolute Gasteiger partial charge is 0.257 e. The highest BCUT2D eigenvalue weighted by atomic mass is 35.5. The van der Waals surface area contributed by atoms with E-state index >= 15 is 0 Å². The first-order valence-corrected chi connectivity index (χ1v) is 6.43. The third-order valence-corrected chi connectivity index (χ3v) is 3.23. The van der Waals surface area contributed by atoms with Gasteiger partial charge in [-0.05, 0) is 6.07 Å². The molecule has 1 aliphatic rings. The summed E-state index contributed by atoms with van der Waals surface area (Å²) in [6, 6.07) is 1.42. The number of carbonyl (C=O) groups excluding carboxylic acids is 1. The SMILES string of the molecule is O=C(c1ccncc1F)N1CCN(CCCl)CC1. The van der Waals surface area contributed by atoms with E-state index in [1.807, 2.05) is 0 Å². The molecule has 0 aliphatic carbocycles. The van der Waals surface area contributed by atoms with Crippen LogP contribution in [0.1, 0.15) is 10.4 Å². The number of halogens is 2. The molecule has 0 spiro atoms. The van der Waals surface area contributed by atoms with Gasteiger partial charge in [-0.15, -0.1) is 11.6 Å². The third-order valence-electron chi connectivity index (χ3n) is 3.06. The fourth-order valence-corrected chi connectivity index (χ4v) is 2.25. The van der Waals surface area contributed by atoms with Crippen LogP contribution in [0.3, 0.4) is 0 Å². The van der Waals surface area contributed by atoms with Gasteiger partial charge >= 0.3 is 0 Å². The lowest BCUT2D eigenvalue weighted by molar-refractivity contribution is 0.0639. The summed E-state index contributed by atoms with van der Waals surface area (Å²) in [7, 11) is 0. The van der Waals surface area contributed by atoms with Gasteiger partial charge in [-0.3, -0.25) is 14.7 Å². The summed E-state index contributed by atoms with van der Waals surface area (Å²) >= 11 is 5.67. The standard InChI is InChI=1S/C12H15ClFN3O/c13-2-4-16-5-7-17(8-6-16)12(18)10-1-3-15-9-11(10)14/h1,3,9H,2,4-8H2. The van der Waals surface area contributed by atoms with Crippen LogP contribution < -0.4 is 0 Å². The molecule has 2 rings (SSSR count). The minimum absolute atomic E-state index is 0.0933. The van der Waals surface area contributed by atoms with Crippen molar-refractivity contribution in [1.82, 2.24) is 14.8 Å². The van der Waals surface area contributed by atoms with Crippen LogP contribution >= 0.6 is 11.6 Å². The Hall–Kier alpha value is -1.20. The van der Waals surface area contributed by atoms with Crippen molar-refractivity contribution in [3.8, 4) is 0 Å². The van der Waals surface area contributed by atoms with Gasteiger partial charge in [-0.1, -0.05) is 0 Å². The zero-order chi connectivity index (χ0) is 13.0. The zero-order valence-electron chi connectivity index (χ0n) is 9.98. The van der Waals surface area contributed by atoms with Crippen molar-refractivity contribution in [3.63, 3.8) is 0 Å². The molecule has 2 heterocycles. The van der Waals surface area contributed by atoms with Gasteiger partial charge in [0, 0.05) is 44.8 Å². The van der Waals surface area contributed by atoms with Gasteiger partial charge in [0.2, 0.25) is 0 Å². The average molecular weight is 272 g/mol. The largest absolute Gasteiger partial charge is 0.336 e. The lowest BCUT2D eigenvalue weighted by Crippen LogP contribution is -2.49. The van der Waals surface area contributed by atoms with Gasteiger partial charge in [0.25, 0.3) is 5.91 Å². The van der Waals surface area contributed by atoms with Crippen molar-refractivity contribution in [2.24, 2.45) is 0 Å². The van der Waals surface area contributed by atoms with E-state index in [-0.39, 0.29) is 11.5 Å². The number of hydrogen-bond acceptors (Lipinski definition) is 3. The van der Waals surface area contributed by atoms with Gasteiger partial charge in [0.1, 0.15) is 0 Å². The van der Waals surface area contributed by atoms with Gasteiger partial charge in [0.05, 0.1) is 11.8 Å². The number of pyridine rings is 1. The van der Waals surface area contributed by atoms with Crippen LogP contribution in [0.2, 0.25) is 0 Å². The van der Waals surface area contributed by atoms with E-state index in [0.29, 0.717) is 19.0 Å². The van der Waals surface area contributed by atoms with E-state index < -0.39 is 5.82 Å². The van der Waals surface area contributed by atoms with Crippen LogP contribution in [-0.4, -0.2) is 59.3 Å². The molecule has 0 aromatic carbocycles. The third kappa shape index (κ3) is 2.97. The van der Waals surface area contributed by atoms with Crippen molar-refractivity contribution in [2.75, 3.05) is 38.6 Å². The Labute approximate surface area is 110 Å². The molecule has 1 fully saturated rings. The number of carbonyl (C=O) groups is 1. The molecule has 0 unspecified atom stereocenters. The summed E-state index contributed by atoms with van der Waals surface area (Å²) in [5.74, 6) is -0.237. The Morgan fingerprint density at radius 1 is 1.39 bits per heavy atom. The fraction of sp³-hybridized carbons (Fsp3) is 0.500. The van der Waals surface area contributed by atoms with E-state index in [9.17, 15) is 9.18 Å². The topological polar surface area (TPSA) is 36.4 Å². The first-order chi connectivity index (χ1) is 8.72. The maximum Gasteiger partial charge on any atom is 0.257 e. The van der Waals surface area contributed by atoms with Gasteiger partial charge < -0.3 is 4.90 Å². The summed E-state index contributed by atoms with van der Waals surface area (Å²) in [5.41, 5.74) is 0.0933. The van der Waals surface area contributed by atoms with Crippen LogP contribution in [-0.2, 0) is 0 Å². The fourth-order valence-electron chi connectivity index (χ4n) is 2.01. The molecule has 0 radical (unpaired) electrons. The predicted octanol–water partition coefficient (Wildman–Crippen LogP) is 1.22. The van der Waals surface area contributed by atoms with Crippen molar-refractivity contribution in [1.29, 1.82) is 0 Å². The highest BCUT2D eigenvalue weighted by Gasteiger charge is 2.23. The van der Waals surface area contributed by atoms with Crippen molar-refractivity contribution >= 4 is 17.5 Å². The lowest BCUT2D eigenvalue weighted by Gasteiger charge is -2.34. The van der Waals surface area contributed by atoms with Crippen LogP contribution in [0, 0.1) is 5.82 Å². The Balaban J connectivity index is 1.98. The first kappa shape index (κ1) is 13.2. The molecule has 0 atom stereocenters. The van der Waals surface area contributed by atoms with Crippen LogP contribution in [0.25, 0.3) is 0 Å². The van der Waals surface area contributed by atoms with E-state index in [2.05, 4.69) is 9.88 Å². The zero-order valence-corrected chi connectivity index (χ0v) is 10.7. The summed E-state index contributed by atoms with van der Waals surface area (Å²) in [6.07, 6.45) is 2.50. The maximum atomic E-state index is 13.5. The van der Waals surface area contributed by atoms with Crippen molar-refractivity contribution in [3.05, 3.63) is 29.8 Å². The quantitative estimate of drug-likeness (QED) is 0.776. The molecule has 1 amide bonds. The summed E-state index contributed by atoms with van der Waals surface area (Å²) in [6.45, 7) is 3.61. The highest BCUT2D eigenvalue weighted by molar-refractivity contribution is 6.18. The molecule has 0 bridgehead atoms. The monoisotopic (exact) mass is 271 g/mol. The number of aromatic nitrogens is 1. The minimum Gasteiger partial charge on any atom is -0.336 e. The predicted molar refractivity (Wildman–Crippen MR) is 67.3 cm³/mol. The molecule has 1 aromatic heterocycles. The molecule has 1 aliphatic heterocycles. The van der Waals surface area contributed by atoms with E-state index in [1.165, 1.54) is 12.3 Å². The van der Waals surface area contributed by atoms with Gasteiger partial charge in [-0.2, -0.15) is 0 Å². The maximum absolute atomic E-state index is 13.5. The molecule has 98 valence electrons. The average Bonchev–Trinajstić information content (AvgIpc) is 2.40. The first-order valence-electron chi connectivity index (χ1n) is 5.89. The second-order valence-corrected chi connectivity index (χ2v) is 4.56. The van der Waals surface area contributed by atoms with E-state index in [0.717, 1.165) is 25.8 Å². The second kappa shape index (κ2) is 6.11. The number of alkyl halides is 1. The molecule has 1 aromatic rings. The summed E-state index contributed by atoms with van der Waals surface area (Å²) in [5, 5.41) is 0. The van der Waals surface area contributed by atoms with Crippen molar-refractivity contribution < 1.29 is 9.18 Å². The molecule has 0 saturated carbocycles. The molecule has 0 N–H and O–H groups in total. The number of hydrogen-bond donors (Lipinski definition) is 0. The molecule has 1 saturated heterocycles. The normalized spacial score (nSPS) is 16.9. The molecule has 4 nitrogen and oxygen atoms in total. The number of amides is 1.